The SMILES string of the molecule is COC(=O)CCOc1ccc(Oc2nc3ccccc3s2)cc1. The quantitative estimate of drug-likeness (QED) is 0.639. The zero-order chi connectivity index (χ0) is 16.1. The molecular weight excluding hydrogens is 314 g/mol. The summed E-state index contributed by atoms with van der Waals surface area (Å²) < 4.78 is 16.9. The molecule has 0 saturated heterocycles. The Hall–Kier alpha value is -2.60. The van der Waals surface area contributed by atoms with Gasteiger partial charge in [-0.25, -0.2) is 4.98 Å². The van der Waals surface area contributed by atoms with Gasteiger partial charge in [-0.1, -0.05) is 23.5 Å². The normalized spacial score (nSPS) is 10.5. The van der Waals surface area contributed by atoms with Gasteiger partial charge >= 0.3 is 5.97 Å². The molecule has 0 aliphatic rings. The van der Waals surface area contributed by atoms with Gasteiger partial charge in [-0.05, 0) is 36.4 Å². The fourth-order valence-corrected chi connectivity index (χ4v) is 2.79. The van der Waals surface area contributed by atoms with Crippen molar-refractivity contribution < 1.29 is 19.0 Å². The molecule has 0 radical (unpaired) electrons. The van der Waals surface area contributed by atoms with Gasteiger partial charge in [-0.2, -0.15) is 0 Å². The number of rotatable bonds is 6. The van der Waals surface area contributed by atoms with Crippen LogP contribution >= 0.6 is 11.3 Å². The van der Waals surface area contributed by atoms with Crippen LogP contribution in [-0.4, -0.2) is 24.7 Å². The van der Waals surface area contributed by atoms with Gasteiger partial charge in [0, 0.05) is 0 Å². The van der Waals surface area contributed by atoms with Crippen molar-refractivity contribution in [2.75, 3.05) is 13.7 Å². The van der Waals surface area contributed by atoms with Gasteiger partial charge in [-0.15, -0.1) is 0 Å². The predicted octanol–water partition coefficient (Wildman–Crippen LogP) is 4.03. The summed E-state index contributed by atoms with van der Waals surface area (Å²) in [6.07, 6.45) is 0.223. The van der Waals surface area contributed by atoms with Gasteiger partial charge in [0.25, 0.3) is 5.19 Å². The average Bonchev–Trinajstić information content (AvgIpc) is 2.98. The van der Waals surface area contributed by atoms with Crippen LogP contribution in [0, 0.1) is 0 Å². The Morgan fingerprint density at radius 2 is 1.83 bits per heavy atom. The number of aromatic nitrogens is 1. The number of benzene rings is 2. The maximum atomic E-state index is 11.0. The molecule has 0 bridgehead atoms. The van der Waals surface area contributed by atoms with Gasteiger partial charge in [0.2, 0.25) is 0 Å². The van der Waals surface area contributed by atoms with Crippen LogP contribution in [0.25, 0.3) is 10.2 Å². The third-order valence-electron chi connectivity index (χ3n) is 3.11. The molecule has 0 fully saturated rings. The van der Waals surface area contributed by atoms with Gasteiger partial charge in [0.05, 0.1) is 30.4 Å². The minimum Gasteiger partial charge on any atom is -0.493 e. The van der Waals surface area contributed by atoms with Crippen LogP contribution in [-0.2, 0) is 9.53 Å². The Kier molecular flexibility index (Phi) is 4.73. The minimum absolute atomic E-state index is 0.223. The fraction of sp³-hybridized carbons (Fsp3) is 0.176. The Morgan fingerprint density at radius 1 is 1.09 bits per heavy atom. The number of carbonyl (C=O) groups excluding carboxylic acids is 1. The van der Waals surface area contributed by atoms with Crippen molar-refractivity contribution in [2.24, 2.45) is 0 Å². The molecule has 1 heterocycles. The molecule has 0 saturated carbocycles. The molecule has 0 aliphatic heterocycles. The number of nitrogens with zero attached hydrogens (tertiary/aromatic N) is 1. The first-order chi connectivity index (χ1) is 11.2. The second-order valence-corrected chi connectivity index (χ2v) is 5.69. The molecule has 2 aromatic carbocycles. The summed E-state index contributed by atoms with van der Waals surface area (Å²) in [4.78, 5) is 15.4. The summed E-state index contributed by atoms with van der Waals surface area (Å²) in [6, 6.07) is 15.1. The van der Waals surface area contributed by atoms with E-state index in [1.165, 1.54) is 18.4 Å². The van der Waals surface area contributed by atoms with E-state index in [0.717, 1.165) is 10.2 Å². The molecule has 0 unspecified atom stereocenters. The molecular formula is C17H15NO4S. The lowest BCUT2D eigenvalue weighted by Gasteiger charge is -2.06. The largest absolute Gasteiger partial charge is 0.493 e. The van der Waals surface area contributed by atoms with Gasteiger partial charge < -0.3 is 14.2 Å². The molecule has 23 heavy (non-hydrogen) atoms. The van der Waals surface area contributed by atoms with Crippen LogP contribution in [0.5, 0.6) is 16.7 Å². The summed E-state index contributed by atoms with van der Waals surface area (Å²) in [7, 11) is 1.36. The molecule has 5 nitrogen and oxygen atoms in total. The first-order valence-corrected chi connectivity index (χ1v) is 7.89. The number of ether oxygens (including phenoxy) is 3. The van der Waals surface area contributed by atoms with Crippen molar-refractivity contribution in [3.8, 4) is 16.7 Å². The molecule has 0 N–H and O–H groups in total. The van der Waals surface area contributed by atoms with Gasteiger partial charge in [0.1, 0.15) is 11.5 Å². The minimum atomic E-state index is -0.291. The first kappa shape index (κ1) is 15.3. The van der Waals surface area contributed by atoms with Crippen molar-refractivity contribution in [3.63, 3.8) is 0 Å². The molecule has 0 aliphatic carbocycles. The Morgan fingerprint density at radius 3 is 2.57 bits per heavy atom. The van der Waals surface area contributed by atoms with E-state index in [1.54, 1.807) is 24.3 Å². The summed E-state index contributed by atoms with van der Waals surface area (Å²) in [5.41, 5.74) is 0.926. The van der Waals surface area contributed by atoms with Crippen molar-refractivity contribution in [2.45, 2.75) is 6.42 Å². The molecule has 1 aromatic heterocycles. The number of hydrogen-bond acceptors (Lipinski definition) is 6. The zero-order valence-electron chi connectivity index (χ0n) is 12.5. The lowest BCUT2D eigenvalue weighted by molar-refractivity contribution is -0.141. The van der Waals surface area contributed by atoms with Crippen LogP contribution in [0.3, 0.4) is 0 Å². The van der Waals surface area contributed by atoms with Crippen LogP contribution in [0.4, 0.5) is 0 Å². The molecule has 0 atom stereocenters. The number of para-hydroxylation sites is 1. The second-order valence-electron chi connectivity index (χ2n) is 4.70. The molecule has 3 aromatic rings. The summed E-state index contributed by atoms with van der Waals surface area (Å²) in [6.45, 7) is 0.282. The van der Waals surface area contributed by atoms with Gasteiger partial charge in [-0.3, -0.25) is 4.79 Å². The van der Waals surface area contributed by atoms with Crippen molar-refractivity contribution in [3.05, 3.63) is 48.5 Å². The molecule has 0 amide bonds. The number of hydrogen-bond donors (Lipinski definition) is 0. The molecule has 118 valence electrons. The zero-order valence-corrected chi connectivity index (χ0v) is 13.3. The van der Waals surface area contributed by atoms with E-state index in [4.69, 9.17) is 9.47 Å². The van der Waals surface area contributed by atoms with Gasteiger partial charge in [0.15, 0.2) is 0 Å². The maximum absolute atomic E-state index is 11.0. The van der Waals surface area contributed by atoms with E-state index in [-0.39, 0.29) is 19.0 Å². The lowest BCUT2D eigenvalue weighted by atomic mass is 10.3. The summed E-state index contributed by atoms with van der Waals surface area (Å²) in [5.74, 6) is 1.07. The number of methoxy groups -OCH3 is 1. The van der Waals surface area contributed by atoms with Crippen LogP contribution in [0.2, 0.25) is 0 Å². The third-order valence-corrected chi connectivity index (χ3v) is 4.02. The molecule has 3 rings (SSSR count). The highest BCUT2D eigenvalue weighted by Gasteiger charge is 2.06. The maximum Gasteiger partial charge on any atom is 0.308 e. The smallest absolute Gasteiger partial charge is 0.308 e. The average molecular weight is 329 g/mol. The monoisotopic (exact) mass is 329 g/mol. The van der Waals surface area contributed by atoms with Crippen LogP contribution in [0.15, 0.2) is 48.5 Å². The number of carbonyl (C=O) groups is 1. The van der Waals surface area contributed by atoms with Crippen molar-refractivity contribution in [1.82, 2.24) is 4.98 Å². The van der Waals surface area contributed by atoms with E-state index in [0.29, 0.717) is 16.7 Å². The van der Waals surface area contributed by atoms with Crippen LogP contribution in [0.1, 0.15) is 6.42 Å². The van der Waals surface area contributed by atoms with E-state index < -0.39 is 0 Å². The summed E-state index contributed by atoms with van der Waals surface area (Å²) >= 11 is 1.50. The third kappa shape index (κ3) is 3.98. The Bertz CT molecular complexity index is 765. The number of fused-ring (bicyclic) bond motifs is 1. The van der Waals surface area contributed by atoms with E-state index in [1.807, 2.05) is 24.3 Å². The lowest BCUT2D eigenvalue weighted by Crippen LogP contribution is -2.07. The van der Waals surface area contributed by atoms with Crippen molar-refractivity contribution >= 4 is 27.5 Å². The molecule has 6 heteroatoms. The Labute approximate surface area is 137 Å². The fourth-order valence-electron chi connectivity index (χ4n) is 1.95. The molecule has 0 spiro atoms. The van der Waals surface area contributed by atoms with E-state index in [2.05, 4.69) is 9.72 Å². The number of esters is 1. The standard InChI is InChI=1S/C17H15NO4S/c1-20-16(19)10-11-21-12-6-8-13(9-7-12)22-17-18-14-4-2-3-5-15(14)23-17/h2-9H,10-11H2,1H3. The highest BCUT2D eigenvalue weighted by Crippen LogP contribution is 2.31. The first-order valence-electron chi connectivity index (χ1n) is 7.08. The van der Waals surface area contributed by atoms with E-state index >= 15 is 0 Å². The predicted molar refractivity (Wildman–Crippen MR) is 88.3 cm³/mol. The highest BCUT2D eigenvalue weighted by atomic mass is 32.1. The second kappa shape index (κ2) is 7.11. The van der Waals surface area contributed by atoms with E-state index in [9.17, 15) is 4.79 Å². The van der Waals surface area contributed by atoms with Crippen molar-refractivity contribution in [1.29, 1.82) is 0 Å². The number of thiazole rings is 1. The summed E-state index contributed by atoms with van der Waals surface area (Å²) in [5, 5.41) is 0.602. The van der Waals surface area contributed by atoms with Crippen LogP contribution < -0.4 is 9.47 Å². The Balaban J connectivity index is 1.59. The highest BCUT2D eigenvalue weighted by molar-refractivity contribution is 7.20. The topological polar surface area (TPSA) is 57.7 Å².